The van der Waals surface area contributed by atoms with Gasteiger partial charge >= 0.3 is 5.97 Å². The Labute approximate surface area is 126 Å². The van der Waals surface area contributed by atoms with Gasteiger partial charge in [-0.05, 0) is 37.5 Å². The highest BCUT2D eigenvalue weighted by molar-refractivity contribution is 7.89. The van der Waals surface area contributed by atoms with E-state index in [-0.39, 0.29) is 18.9 Å². The maximum absolute atomic E-state index is 12.3. The molecule has 0 spiro atoms. The number of carbonyl (C=O) groups is 1. The topological polar surface area (TPSA) is 76.6 Å². The smallest absolute Gasteiger partial charge is 0.321 e. The van der Waals surface area contributed by atoms with Crippen LogP contribution in [0.15, 0.2) is 24.5 Å². The monoisotopic (exact) mass is 314 g/mol. The molecule has 1 heterocycles. The van der Waals surface area contributed by atoms with E-state index in [9.17, 15) is 13.2 Å². The van der Waals surface area contributed by atoms with Crippen LogP contribution < -0.4 is 0 Å². The van der Waals surface area contributed by atoms with Gasteiger partial charge in [-0.1, -0.05) is 6.92 Å². The van der Waals surface area contributed by atoms with Gasteiger partial charge in [-0.2, -0.15) is 4.31 Å². The lowest BCUT2D eigenvalue weighted by Gasteiger charge is -2.20. The van der Waals surface area contributed by atoms with Crippen molar-refractivity contribution in [2.75, 3.05) is 25.4 Å². The maximum atomic E-state index is 12.3. The molecule has 0 atom stereocenters. The van der Waals surface area contributed by atoms with Gasteiger partial charge in [0.25, 0.3) is 0 Å². The first-order chi connectivity index (χ1) is 9.99. The Morgan fingerprint density at radius 2 is 1.95 bits per heavy atom. The first kappa shape index (κ1) is 17.6. The molecule has 0 amide bonds. The average molecular weight is 314 g/mol. The summed E-state index contributed by atoms with van der Waals surface area (Å²) in [5.41, 5.74) is 0.904. The number of nitrogens with zero attached hydrogens (tertiary/aromatic N) is 2. The van der Waals surface area contributed by atoms with Gasteiger partial charge in [0.05, 0.1) is 12.4 Å². The van der Waals surface area contributed by atoms with Crippen LogP contribution >= 0.6 is 0 Å². The highest BCUT2D eigenvalue weighted by atomic mass is 32.2. The number of aryl methyl sites for hydroxylation is 1. The highest BCUT2D eigenvalue weighted by Crippen LogP contribution is 2.07. The van der Waals surface area contributed by atoms with Gasteiger partial charge in [-0.3, -0.25) is 9.78 Å². The van der Waals surface area contributed by atoms with E-state index >= 15 is 0 Å². The van der Waals surface area contributed by atoms with Gasteiger partial charge in [-0.25, -0.2) is 8.42 Å². The molecule has 1 aromatic rings. The van der Waals surface area contributed by atoms with Crippen LogP contribution in [0, 0.1) is 0 Å². The second-order valence-corrected chi connectivity index (χ2v) is 6.65. The Morgan fingerprint density at radius 3 is 2.52 bits per heavy atom. The van der Waals surface area contributed by atoms with Gasteiger partial charge < -0.3 is 4.74 Å². The number of aromatic nitrogens is 1. The molecule has 0 aliphatic heterocycles. The van der Waals surface area contributed by atoms with Crippen molar-refractivity contribution in [3.8, 4) is 0 Å². The van der Waals surface area contributed by atoms with Crippen molar-refractivity contribution in [2.24, 2.45) is 0 Å². The molecular weight excluding hydrogens is 292 g/mol. The number of esters is 1. The highest BCUT2D eigenvalue weighted by Gasteiger charge is 2.24. The summed E-state index contributed by atoms with van der Waals surface area (Å²) in [4.78, 5) is 15.4. The zero-order valence-electron chi connectivity index (χ0n) is 12.5. The zero-order valence-corrected chi connectivity index (χ0v) is 13.3. The van der Waals surface area contributed by atoms with Crippen molar-refractivity contribution in [2.45, 2.75) is 26.7 Å². The summed E-state index contributed by atoms with van der Waals surface area (Å²) in [7, 11) is -3.48. The second-order valence-electron chi connectivity index (χ2n) is 4.56. The fourth-order valence-electron chi connectivity index (χ4n) is 1.84. The third-order valence-corrected chi connectivity index (χ3v) is 4.69. The van der Waals surface area contributed by atoms with Crippen LogP contribution in [0.4, 0.5) is 0 Å². The quantitative estimate of drug-likeness (QED) is 0.641. The van der Waals surface area contributed by atoms with Crippen molar-refractivity contribution >= 4 is 16.0 Å². The number of sulfonamides is 1. The van der Waals surface area contributed by atoms with Crippen LogP contribution in [0.5, 0.6) is 0 Å². The van der Waals surface area contributed by atoms with E-state index in [1.165, 1.54) is 4.31 Å². The lowest BCUT2D eigenvalue weighted by Crippen LogP contribution is -2.38. The Hall–Kier alpha value is -1.47. The molecule has 0 aliphatic carbocycles. The third-order valence-electron chi connectivity index (χ3n) is 2.88. The second kappa shape index (κ2) is 8.74. The fourth-order valence-corrected chi connectivity index (χ4v) is 3.36. The van der Waals surface area contributed by atoms with Crippen molar-refractivity contribution in [3.63, 3.8) is 0 Å². The number of carbonyl (C=O) groups excluding carboxylic acids is 1. The first-order valence-electron chi connectivity index (χ1n) is 7.02. The van der Waals surface area contributed by atoms with Crippen LogP contribution in [-0.4, -0.2) is 49.1 Å². The summed E-state index contributed by atoms with van der Waals surface area (Å²) in [5, 5.41) is 0. The van der Waals surface area contributed by atoms with Crippen LogP contribution in [-0.2, 0) is 26.0 Å². The van der Waals surface area contributed by atoms with Crippen LogP contribution in [0.25, 0.3) is 0 Å². The van der Waals surface area contributed by atoms with Gasteiger partial charge in [0, 0.05) is 18.9 Å². The standard InChI is InChI=1S/C14H22N2O4S/c1-3-10-16(12-14(17)20-4-2)21(18,19)11-7-13-5-8-15-9-6-13/h5-6,8-9H,3-4,7,10-12H2,1-2H3. The summed E-state index contributed by atoms with van der Waals surface area (Å²) >= 11 is 0. The summed E-state index contributed by atoms with van der Waals surface area (Å²) in [5.74, 6) is -0.547. The molecule has 0 bridgehead atoms. The first-order valence-corrected chi connectivity index (χ1v) is 8.62. The predicted octanol–water partition coefficient (Wildman–Crippen LogP) is 1.23. The molecule has 0 saturated carbocycles. The molecule has 0 radical (unpaired) electrons. The SMILES string of the molecule is CCCN(CC(=O)OCC)S(=O)(=O)CCc1ccncc1. The lowest BCUT2D eigenvalue weighted by molar-refractivity contribution is -0.143. The molecule has 1 rings (SSSR count). The molecule has 1 aromatic heterocycles. The molecule has 6 nitrogen and oxygen atoms in total. The molecule has 0 unspecified atom stereocenters. The molecule has 0 aliphatic rings. The Balaban J connectivity index is 2.68. The lowest BCUT2D eigenvalue weighted by atomic mass is 10.2. The van der Waals surface area contributed by atoms with Gasteiger partial charge in [0.2, 0.25) is 10.0 Å². The zero-order chi connectivity index (χ0) is 15.7. The van der Waals surface area contributed by atoms with Crippen LogP contribution in [0.1, 0.15) is 25.8 Å². The van der Waals surface area contributed by atoms with Gasteiger partial charge in [0.15, 0.2) is 0 Å². The Kier molecular flexibility index (Phi) is 7.31. The molecule has 0 N–H and O–H groups in total. The van der Waals surface area contributed by atoms with Crippen molar-refractivity contribution in [1.82, 2.24) is 9.29 Å². The minimum absolute atomic E-state index is 0.0313. The molecular formula is C14H22N2O4S. The van der Waals surface area contributed by atoms with E-state index in [4.69, 9.17) is 4.74 Å². The Bertz CT molecular complexity index is 531. The number of ether oxygens (including phenoxy) is 1. The van der Waals surface area contributed by atoms with Crippen molar-refractivity contribution < 1.29 is 17.9 Å². The minimum Gasteiger partial charge on any atom is -0.465 e. The number of hydrogen-bond acceptors (Lipinski definition) is 5. The van der Waals surface area contributed by atoms with E-state index in [0.29, 0.717) is 19.4 Å². The van der Waals surface area contributed by atoms with Gasteiger partial charge in [0.1, 0.15) is 6.54 Å². The van der Waals surface area contributed by atoms with Gasteiger partial charge in [-0.15, -0.1) is 0 Å². The molecule has 0 fully saturated rings. The van der Waals surface area contributed by atoms with Crippen LogP contribution in [0.2, 0.25) is 0 Å². The fraction of sp³-hybridized carbons (Fsp3) is 0.571. The molecule has 118 valence electrons. The van der Waals surface area contributed by atoms with E-state index in [2.05, 4.69) is 4.98 Å². The summed E-state index contributed by atoms with van der Waals surface area (Å²) in [6.07, 6.45) is 4.30. The summed E-state index contributed by atoms with van der Waals surface area (Å²) in [6, 6.07) is 3.57. The molecule has 21 heavy (non-hydrogen) atoms. The van der Waals surface area contributed by atoms with E-state index in [1.54, 1.807) is 31.5 Å². The molecule has 0 aromatic carbocycles. The summed E-state index contributed by atoms with van der Waals surface area (Å²) < 4.78 is 30.7. The van der Waals surface area contributed by atoms with Crippen molar-refractivity contribution in [3.05, 3.63) is 30.1 Å². The summed E-state index contributed by atoms with van der Waals surface area (Å²) in [6.45, 7) is 3.91. The Morgan fingerprint density at radius 1 is 1.29 bits per heavy atom. The molecule has 0 saturated heterocycles. The molecule has 7 heteroatoms. The third kappa shape index (κ3) is 6.22. The normalized spacial score (nSPS) is 11.6. The predicted molar refractivity (Wildman–Crippen MR) is 80.2 cm³/mol. The maximum Gasteiger partial charge on any atom is 0.321 e. The number of rotatable bonds is 9. The van der Waals surface area contributed by atoms with E-state index < -0.39 is 16.0 Å². The van der Waals surface area contributed by atoms with E-state index in [0.717, 1.165) is 5.56 Å². The number of pyridine rings is 1. The average Bonchev–Trinajstić information content (AvgIpc) is 2.46. The van der Waals surface area contributed by atoms with E-state index in [1.807, 2.05) is 6.92 Å². The van der Waals surface area contributed by atoms with Crippen molar-refractivity contribution in [1.29, 1.82) is 0 Å². The van der Waals surface area contributed by atoms with Crippen LogP contribution in [0.3, 0.4) is 0 Å². The largest absolute Gasteiger partial charge is 0.465 e. The number of hydrogen-bond donors (Lipinski definition) is 0. The minimum atomic E-state index is -3.48.